The summed E-state index contributed by atoms with van der Waals surface area (Å²) in [5.74, 6) is -1.31. The van der Waals surface area contributed by atoms with E-state index in [0.29, 0.717) is 5.56 Å². The zero-order valence-electron chi connectivity index (χ0n) is 14.0. The second kappa shape index (κ2) is 7.72. The van der Waals surface area contributed by atoms with Crippen molar-refractivity contribution in [3.05, 3.63) is 33.8 Å². The standard InChI is InChI=1S/C12H13Cl2N3O3/c1-2-20-12(19)17-11(15)16-10(18)6-7-8(13)4-3-5-9(7)14/h3-5H,2,6H2,1H3,(H3,15,16,17,18,19)/i1D2,2D2. The zero-order valence-corrected chi connectivity index (χ0v) is 11.5. The van der Waals surface area contributed by atoms with E-state index >= 15 is 0 Å². The number of nitrogens with two attached hydrogens (primary N) is 1. The van der Waals surface area contributed by atoms with Crippen LogP contribution in [0.4, 0.5) is 4.79 Å². The molecule has 20 heavy (non-hydrogen) atoms. The molecule has 108 valence electrons. The van der Waals surface area contributed by atoms with Gasteiger partial charge in [0, 0.05) is 12.8 Å². The van der Waals surface area contributed by atoms with Crippen molar-refractivity contribution in [2.45, 2.75) is 13.3 Å². The highest BCUT2D eigenvalue weighted by Crippen LogP contribution is 2.24. The molecule has 0 spiro atoms. The van der Waals surface area contributed by atoms with Crippen LogP contribution in [0.2, 0.25) is 10.0 Å². The first-order chi connectivity index (χ1) is 11.0. The van der Waals surface area contributed by atoms with Crippen LogP contribution in [0.5, 0.6) is 0 Å². The van der Waals surface area contributed by atoms with E-state index in [0.717, 1.165) is 0 Å². The van der Waals surface area contributed by atoms with Crippen molar-refractivity contribution in [2.75, 3.05) is 6.56 Å². The smallest absolute Gasteiger partial charge is 0.436 e. The molecule has 0 unspecified atom stereocenters. The Bertz CT molecular complexity index is 651. The predicted molar refractivity (Wildman–Crippen MR) is 77.0 cm³/mol. The first-order valence-corrected chi connectivity index (χ1v) is 5.93. The van der Waals surface area contributed by atoms with Crippen molar-refractivity contribution < 1.29 is 19.8 Å². The Morgan fingerprint density at radius 1 is 1.50 bits per heavy atom. The summed E-state index contributed by atoms with van der Waals surface area (Å²) in [6.45, 7) is -4.94. The minimum atomic E-state index is -2.87. The van der Waals surface area contributed by atoms with Gasteiger partial charge in [-0.25, -0.2) is 4.79 Å². The number of ether oxygens (including phenoxy) is 1. The molecule has 2 amide bonds. The van der Waals surface area contributed by atoms with Gasteiger partial charge in [0.05, 0.1) is 15.7 Å². The normalized spacial score (nSPS) is 14.8. The molecule has 0 saturated heterocycles. The van der Waals surface area contributed by atoms with Crippen LogP contribution in [0.15, 0.2) is 23.2 Å². The van der Waals surface area contributed by atoms with Gasteiger partial charge in [-0.15, -0.1) is 4.99 Å². The summed E-state index contributed by atoms with van der Waals surface area (Å²) >= 11 is 11.8. The van der Waals surface area contributed by atoms with Crippen molar-refractivity contribution in [3.63, 3.8) is 0 Å². The number of carbonyl (C=O) groups excluding carboxylic acids is 2. The number of amides is 2. The summed E-state index contributed by atoms with van der Waals surface area (Å²) in [4.78, 5) is 26.3. The highest BCUT2D eigenvalue weighted by Gasteiger charge is 2.12. The van der Waals surface area contributed by atoms with Gasteiger partial charge >= 0.3 is 6.09 Å². The molecule has 0 bridgehead atoms. The van der Waals surface area contributed by atoms with E-state index < -0.39 is 31.4 Å². The maximum absolute atomic E-state index is 11.8. The third kappa shape index (κ3) is 5.07. The number of nitrogens with one attached hydrogen (secondary N) is 1. The van der Waals surface area contributed by atoms with Gasteiger partial charge in [0.15, 0.2) is 0 Å². The molecular formula is C12H13Cl2N3O3. The van der Waals surface area contributed by atoms with Crippen molar-refractivity contribution >= 4 is 41.2 Å². The zero-order chi connectivity index (χ0) is 18.5. The number of carbonyl (C=O) groups is 2. The number of benzene rings is 1. The van der Waals surface area contributed by atoms with Gasteiger partial charge < -0.3 is 10.5 Å². The second-order valence-corrected chi connectivity index (χ2v) is 4.22. The molecular weight excluding hydrogens is 305 g/mol. The van der Waals surface area contributed by atoms with Crippen LogP contribution in [0.1, 0.15) is 17.9 Å². The lowest BCUT2D eigenvalue weighted by Gasteiger charge is -2.07. The number of halogens is 2. The number of rotatable bonds is 3. The highest BCUT2D eigenvalue weighted by atomic mass is 35.5. The van der Waals surface area contributed by atoms with Crippen molar-refractivity contribution in [1.82, 2.24) is 5.32 Å². The van der Waals surface area contributed by atoms with Crippen LogP contribution in [0, 0.1) is 0 Å². The van der Waals surface area contributed by atoms with E-state index in [9.17, 15) is 9.59 Å². The fourth-order valence-corrected chi connectivity index (χ4v) is 1.78. The van der Waals surface area contributed by atoms with Crippen LogP contribution in [-0.2, 0) is 16.0 Å². The van der Waals surface area contributed by atoms with E-state index in [-0.39, 0.29) is 16.5 Å². The van der Waals surface area contributed by atoms with Gasteiger partial charge in [0.2, 0.25) is 11.9 Å². The monoisotopic (exact) mass is 321 g/mol. The molecule has 0 aliphatic carbocycles. The Kier molecular flexibility index (Phi) is 4.22. The van der Waals surface area contributed by atoms with E-state index in [1.807, 2.05) is 0 Å². The SMILES string of the molecule is [2H]C([2H])C([2H])([2H])OC(=O)/N=C(\N)NC(=O)Cc1c(Cl)cccc1Cl. The lowest BCUT2D eigenvalue weighted by atomic mass is 10.1. The Labute approximate surface area is 131 Å². The van der Waals surface area contributed by atoms with E-state index in [1.54, 1.807) is 18.2 Å². The molecule has 0 saturated carbocycles. The van der Waals surface area contributed by atoms with Crippen LogP contribution in [-0.4, -0.2) is 24.5 Å². The fraction of sp³-hybridized carbons (Fsp3) is 0.250. The maximum atomic E-state index is 11.8. The van der Waals surface area contributed by atoms with Gasteiger partial charge in [-0.05, 0) is 24.6 Å². The summed E-state index contributed by atoms with van der Waals surface area (Å²) in [5, 5.41) is 2.63. The summed E-state index contributed by atoms with van der Waals surface area (Å²) in [6, 6.07) is 4.70. The van der Waals surface area contributed by atoms with Crippen LogP contribution in [0.3, 0.4) is 0 Å². The quantitative estimate of drug-likeness (QED) is 0.658. The summed E-state index contributed by atoms with van der Waals surface area (Å²) < 4.78 is 32.1. The third-order valence-electron chi connectivity index (χ3n) is 2.02. The average Bonchev–Trinajstić information content (AvgIpc) is 2.41. The minimum Gasteiger partial charge on any atom is -0.448 e. The van der Waals surface area contributed by atoms with Crippen LogP contribution >= 0.6 is 23.2 Å². The molecule has 0 radical (unpaired) electrons. The molecule has 0 aliphatic heterocycles. The Morgan fingerprint density at radius 2 is 2.15 bits per heavy atom. The number of hydrogen-bond donors (Lipinski definition) is 2. The Hall–Kier alpha value is -1.79. The molecule has 0 aliphatic rings. The largest absolute Gasteiger partial charge is 0.448 e. The Balaban J connectivity index is 2.68. The van der Waals surface area contributed by atoms with E-state index in [2.05, 4.69) is 15.0 Å². The van der Waals surface area contributed by atoms with Gasteiger partial charge in [0.25, 0.3) is 0 Å². The minimum absolute atomic E-state index is 0.230. The van der Waals surface area contributed by atoms with Gasteiger partial charge in [-0.3, -0.25) is 10.1 Å². The molecule has 0 fully saturated rings. The van der Waals surface area contributed by atoms with Gasteiger partial charge in [-0.2, -0.15) is 0 Å². The Morgan fingerprint density at radius 3 is 2.75 bits per heavy atom. The van der Waals surface area contributed by atoms with Crippen molar-refractivity contribution in [3.8, 4) is 0 Å². The molecule has 1 aromatic rings. The summed E-state index contributed by atoms with van der Waals surface area (Å²) in [7, 11) is 0. The highest BCUT2D eigenvalue weighted by molar-refractivity contribution is 6.36. The van der Waals surface area contributed by atoms with Crippen LogP contribution < -0.4 is 11.1 Å². The number of nitrogens with zero attached hydrogens (tertiary/aromatic N) is 1. The topological polar surface area (TPSA) is 93.8 Å². The van der Waals surface area contributed by atoms with Gasteiger partial charge in [-0.1, -0.05) is 29.3 Å². The maximum Gasteiger partial charge on any atom is 0.436 e. The lowest BCUT2D eigenvalue weighted by molar-refractivity contribution is -0.119. The number of guanidine groups is 1. The van der Waals surface area contributed by atoms with Gasteiger partial charge in [0.1, 0.15) is 0 Å². The summed E-state index contributed by atoms with van der Waals surface area (Å²) in [6.07, 6.45) is -1.72. The number of hydrogen-bond acceptors (Lipinski definition) is 3. The number of aliphatic imine (C=N–C) groups is 1. The molecule has 8 heteroatoms. The lowest BCUT2D eigenvalue weighted by Crippen LogP contribution is -2.38. The molecule has 6 nitrogen and oxygen atoms in total. The van der Waals surface area contributed by atoms with E-state index in [1.165, 1.54) is 0 Å². The molecule has 0 aromatic heterocycles. The average molecular weight is 322 g/mol. The predicted octanol–water partition coefficient (Wildman–Crippen LogP) is 2.12. The second-order valence-electron chi connectivity index (χ2n) is 3.41. The van der Waals surface area contributed by atoms with Crippen molar-refractivity contribution in [1.29, 1.82) is 0 Å². The first-order valence-electron chi connectivity index (χ1n) is 7.32. The summed E-state index contributed by atoms with van der Waals surface area (Å²) in [5.41, 5.74) is 5.69. The molecule has 3 N–H and O–H groups in total. The fourth-order valence-electron chi connectivity index (χ4n) is 1.25. The molecule has 0 heterocycles. The molecule has 1 rings (SSSR count). The van der Waals surface area contributed by atoms with E-state index in [4.69, 9.17) is 34.4 Å². The third-order valence-corrected chi connectivity index (χ3v) is 2.73. The first kappa shape index (κ1) is 10.9. The van der Waals surface area contributed by atoms with Crippen LogP contribution in [0.25, 0.3) is 0 Å². The molecule has 1 aromatic carbocycles. The molecule has 0 atom stereocenters. The van der Waals surface area contributed by atoms with Crippen molar-refractivity contribution in [2.24, 2.45) is 10.7 Å².